The Kier molecular flexibility index (Phi) is 4.20. The molecule has 0 aliphatic carbocycles. The normalized spacial score (nSPS) is 40.4. The fourth-order valence-electron chi connectivity index (χ4n) is 3.27. The average molecular weight is 307 g/mol. The van der Waals surface area contributed by atoms with Crippen molar-refractivity contribution < 1.29 is 13.3 Å². The van der Waals surface area contributed by atoms with Crippen LogP contribution in [0, 0.1) is 6.92 Å². The van der Waals surface area contributed by atoms with Gasteiger partial charge in [0.05, 0.1) is 18.3 Å². The molecular formula is C16H25NO3Si. The number of rotatable bonds is 1. The van der Waals surface area contributed by atoms with Crippen LogP contribution in [-0.4, -0.2) is 51.7 Å². The molecule has 1 aromatic rings. The minimum Gasteiger partial charge on any atom is -0.366 e. The summed E-state index contributed by atoms with van der Waals surface area (Å²) in [7, 11) is -2.84. The molecule has 3 heterocycles. The zero-order valence-corrected chi connectivity index (χ0v) is 14.3. The summed E-state index contributed by atoms with van der Waals surface area (Å²) in [5.41, 5.74) is 1.24. The number of fused-ring (bicyclic) bond motifs is 6. The quantitative estimate of drug-likeness (QED) is 0.739. The Bertz CT molecular complexity index is 457. The van der Waals surface area contributed by atoms with Gasteiger partial charge in [-0.2, -0.15) is 0 Å². The Balaban J connectivity index is 2.02. The Morgan fingerprint density at radius 2 is 1.29 bits per heavy atom. The lowest BCUT2D eigenvalue weighted by Gasteiger charge is -2.45. The number of hydrogen-bond acceptors (Lipinski definition) is 4. The van der Waals surface area contributed by atoms with Crippen LogP contribution in [0.3, 0.4) is 0 Å². The third kappa shape index (κ3) is 3.22. The van der Waals surface area contributed by atoms with Gasteiger partial charge >= 0.3 is 8.80 Å². The molecule has 3 aliphatic heterocycles. The maximum atomic E-state index is 6.37. The monoisotopic (exact) mass is 307 g/mol. The predicted molar refractivity (Wildman–Crippen MR) is 84.6 cm³/mol. The maximum Gasteiger partial charge on any atom is 0.538 e. The van der Waals surface area contributed by atoms with Crippen LogP contribution in [0.1, 0.15) is 26.3 Å². The summed E-state index contributed by atoms with van der Waals surface area (Å²) in [5.74, 6) is 0. The van der Waals surface area contributed by atoms with Gasteiger partial charge in [-0.1, -0.05) is 29.8 Å². The van der Waals surface area contributed by atoms with Crippen LogP contribution in [0.2, 0.25) is 0 Å². The van der Waals surface area contributed by atoms with E-state index in [-0.39, 0.29) is 18.3 Å². The van der Waals surface area contributed by atoms with Gasteiger partial charge in [-0.3, -0.25) is 4.90 Å². The molecule has 1 aromatic carbocycles. The van der Waals surface area contributed by atoms with Gasteiger partial charge in [-0.25, -0.2) is 0 Å². The van der Waals surface area contributed by atoms with E-state index in [0.29, 0.717) is 0 Å². The molecular weight excluding hydrogens is 282 g/mol. The zero-order valence-electron chi connectivity index (χ0n) is 13.3. The van der Waals surface area contributed by atoms with Gasteiger partial charge in [0.25, 0.3) is 0 Å². The van der Waals surface area contributed by atoms with E-state index >= 15 is 0 Å². The molecule has 0 unspecified atom stereocenters. The molecule has 3 atom stereocenters. The standard InChI is InChI=1S/C16H25NO3Si/c1-12-5-7-16(8-6-12)21-18-13(2)9-17(10-14(3)19-21)11-15(4)20-21/h5-8,13-15H,9-11H2,1-4H3/t13-,14-,15-/m0/s1. The van der Waals surface area contributed by atoms with Crippen molar-refractivity contribution in [2.45, 2.75) is 46.0 Å². The Labute approximate surface area is 128 Å². The third-order valence-electron chi connectivity index (χ3n) is 4.02. The summed E-state index contributed by atoms with van der Waals surface area (Å²) >= 11 is 0. The topological polar surface area (TPSA) is 30.9 Å². The molecule has 0 spiro atoms. The van der Waals surface area contributed by atoms with Crippen molar-refractivity contribution in [1.82, 2.24) is 4.90 Å². The fourth-order valence-corrected chi connectivity index (χ4v) is 6.23. The van der Waals surface area contributed by atoms with Crippen LogP contribution in [0.5, 0.6) is 0 Å². The van der Waals surface area contributed by atoms with E-state index in [1.165, 1.54) is 5.56 Å². The third-order valence-corrected chi connectivity index (χ3v) is 7.20. The molecule has 116 valence electrons. The summed E-state index contributed by atoms with van der Waals surface area (Å²) in [6.07, 6.45) is 0.369. The Morgan fingerprint density at radius 1 is 0.857 bits per heavy atom. The molecule has 3 saturated heterocycles. The van der Waals surface area contributed by atoms with Gasteiger partial charge < -0.3 is 13.3 Å². The summed E-state index contributed by atoms with van der Waals surface area (Å²) in [4.78, 5) is 2.38. The maximum absolute atomic E-state index is 6.37. The molecule has 2 bridgehead atoms. The van der Waals surface area contributed by atoms with Crippen molar-refractivity contribution >= 4 is 14.0 Å². The van der Waals surface area contributed by atoms with Crippen molar-refractivity contribution in [3.63, 3.8) is 0 Å². The molecule has 21 heavy (non-hydrogen) atoms. The van der Waals surface area contributed by atoms with Crippen LogP contribution < -0.4 is 5.19 Å². The summed E-state index contributed by atoms with van der Waals surface area (Å²) in [5, 5.41) is 1.08. The number of benzene rings is 1. The first-order chi connectivity index (χ1) is 9.97. The van der Waals surface area contributed by atoms with Gasteiger partial charge in [-0.15, -0.1) is 0 Å². The lowest BCUT2D eigenvalue weighted by Crippen LogP contribution is -2.67. The van der Waals surface area contributed by atoms with Gasteiger partial charge in [-0.05, 0) is 27.7 Å². The minimum atomic E-state index is -2.84. The first-order valence-electron chi connectivity index (χ1n) is 7.80. The highest BCUT2D eigenvalue weighted by atomic mass is 28.4. The predicted octanol–water partition coefficient (Wildman–Crippen LogP) is 1.69. The SMILES string of the molecule is Cc1ccc([Si]23O[C@@H](C)CN(C[C@H](C)O2)C[C@H](C)O3)cc1. The van der Waals surface area contributed by atoms with Crippen molar-refractivity contribution in [3.8, 4) is 0 Å². The molecule has 4 nitrogen and oxygen atoms in total. The second kappa shape index (κ2) is 5.82. The Hall–Kier alpha value is -0.723. The van der Waals surface area contributed by atoms with E-state index in [2.05, 4.69) is 56.9 Å². The van der Waals surface area contributed by atoms with Crippen LogP contribution in [0.15, 0.2) is 24.3 Å². The average Bonchev–Trinajstić information content (AvgIpc) is 2.35. The first kappa shape index (κ1) is 15.2. The van der Waals surface area contributed by atoms with E-state index in [0.717, 1.165) is 24.8 Å². The van der Waals surface area contributed by atoms with Gasteiger partial charge in [0.1, 0.15) is 0 Å². The molecule has 0 amide bonds. The lowest BCUT2D eigenvalue weighted by molar-refractivity contribution is -0.0708. The minimum absolute atomic E-state index is 0.123. The summed E-state index contributed by atoms with van der Waals surface area (Å²) in [6, 6.07) is 8.43. The van der Waals surface area contributed by atoms with Crippen molar-refractivity contribution in [2.24, 2.45) is 0 Å². The summed E-state index contributed by atoms with van der Waals surface area (Å²) in [6.45, 7) is 11.3. The number of nitrogens with zero attached hydrogens (tertiary/aromatic N) is 1. The van der Waals surface area contributed by atoms with Crippen LogP contribution in [-0.2, 0) is 13.3 Å². The van der Waals surface area contributed by atoms with E-state index in [1.807, 2.05) is 0 Å². The molecule has 3 aliphatic rings. The van der Waals surface area contributed by atoms with Crippen molar-refractivity contribution in [3.05, 3.63) is 29.8 Å². The van der Waals surface area contributed by atoms with Crippen LogP contribution in [0.4, 0.5) is 0 Å². The van der Waals surface area contributed by atoms with Crippen molar-refractivity contribution in [2.75, 3.05) is 19.6 Å². The molecule has 5 heteroatoms. The van der Waals surface area contributed by atoms with E-state index < -0.39 is 8.80 Å². The van der Waals surface area contributed by atoms with E-state index in [9.17, 15) is 0 Å². The van der Waals surface area contributed by atoms with Crippen molar-refractivity contribution in [1.29, 1.82) is 0 Å². The number of aryl methyl sites for hydroxylation is 1. The fraction of sp³-hybridized carbons (Fsp3) is 0.625. The Morgan fingerprint density at radius 3 is 1.71 bits per heavy atom. The molecule has 0 saturated carbocycles. The highest BCUT2D eigenvalue weighted by molar-refractivity contribution is 6.75. The van der Waals surface area contributed by atoms with E-state index in [1.54, 1.807) is 0 Å². The lowest BCUT2D eigenvalue weighted by atomic mass is 10.2. The summed E-state index contributed by atoms with van der Waals surface area (Å²) < 4.78 is 19.1. The highest BCUT2D eigenvalue weighted by Crippen LogP contribution is 2.24. The van der Waals surface area contributed by atoms with E-state index in [4.69, 9.17) is 13.3 Å². The second-order valence-corrected chi connectivity index (χ2v) is 8.82. The zero-order chi connectivity index (χ0) is 15.0. The smallest absolute Gasteiger partial charge is 0.366 e. The van der Waals surface area contributed by atoms with Gasteiger partial charge in [0, 0.05) is 24.8 Å². The largest absolute Gasteiger partial charge is 0.538 e. The second-order valence-electron chi connectivity index (χ2n) is 6.43. The van der Waals surface area contributed by atoms with Crippen LogP contribution in [0.25, 0.3) is 0 Å². The van der Waals surface area contributed by atoms with Crippen LogP contribution >= 0.6 is 0 Å². The molecule has 4 rings (SSSR count). The highest BCUT2D eigenvalue weighted by Gasteiger charge is 2.51. The molecule has 0 radical (unpaired) electrons. The molecule has 0 aromatic heterocycles. The number of hydrogen-bond donors (Lipinski definition) is 0. The first-order valence-corrected chi connectivity index (χ1v) is 9.52. The molecule has 3 fully saturated rings. The van der Waals surface area contributed by atoms with Gasteiger partial charge in [0.2, 0.25) is 0 Å². The van der Waals surface area contributed by atoms with Gasteiger partial charge in [0.15, 0.2) is 0 Å². The molecule has 0 N–H and O–H groups in total.